The molecule has 0 heterocycles. The second-order valence-corrected chi connectivity index (χ2v) is 5.13. The zero-order chi connectivity index (χ0) is 15.4. The molecule has 0 atom stereocenters. The number of hydrogen-bond acceptors (Lipinski definition) is 4. The minimum absolute atomic E-state index is 0.140. The first kappa shape index (κ1) is 15.1. The molecule has 3 N–H and O–H groups in total. The molecule has 2 aromatic carbocycles. The first-order valence-corrected chi connectivity index (χ1v) is 6.85. The van der Waals surface area contributed by atoms with E-state index in [1.54, 1.807) is 18.2 Å². The second-order valence-electron chi connectivity index (χ2n) is 4.28. The number of anilines is 1. The lowest BCUT2D eigenvalue weighted by Gasteiger charge is -2.08. The molecule has 0 unspecified atom stereocenters. The molecule has 21 heavy (non-hydrogen) atoms. The van der Waals surface area contributed by atoms with Gasteiger partial charge in [-0.05, 0) is 39.7 Å². The van der Waals surface area contributed by atoms with Crippen LogP contribution in [0, 0.1) is 10.1 Å². The van der Waals surface area contributed by atoms with Crippen LogP contribution in [0.2, 0.25) is 0 Å². The number of carbonyl (C=O) groups excluding carboxylic acids is 1. The average Bonchev–Trinajstić information content (AvgIpc) is 2.47. The van der Waals surface area contributed by atoms with Crippen molar-refractivity contribution in [3.05, 3.63) is 68.2 Å². The maximum absolute atomic E-state index is 12.2. The largest absolute Gasteiger partial charge is 0.326 e. The molecular formula is C14H12BrN3O3. The number of nitro benzene ring substituents is 1. The number of nitrogens with one attached hydrogen (secondary N) is 1. The normalized spacial score (nSPS) is 10.2. The number of nitrogens with zero attached hydrogens (tertiary/aromatic N) is 1. The Labute approximate surface area is 129 Å². The van der Waals surface area contributed by atoms with Gasteiger partial charge in [0.1, 0.15) is 0 Å². The van der Waals surface area contributed by atoms with Crippen molar-refractivity contribution in [1.29, 1.82) is 0 Å². The van der Waals surface area contributed by atoms with E-state index in [1.807, 2.05) is 6.07 Å². The first-order valence-electron chi connectivity index (χ1n) is 6.05. The lowest BCUT2D eigenvalue weighted by Crippen LogP contribution is -2.13. The van der Waals surface area contributed by atoms with E-state index in [-0.39, 0.29) is 11.3 Å². The Balaban J connectivity index is 2.27. The summed E-state index contributed by atoms with van der Waals surface area (Å²) >= 11 is 3.22. The second kappa shape index (κ2) is 6.47. The van der Waals surface area contributed by atoms with Gasteiger partial charge in [0.05, 0.1) is 10.5 Å². The first-order chi connectivity index (χ1) is 10.0. The van der Waals surface area contributed by atoms with Crippen LogP contribution in [0.1, 0.15) is 15.9 Å². The summed E-state index contributed by atoms with van der Waals surface area (Å²) in [6.07, 6.45) is 0. The molecule has 108 valence electrons. The van der Waals surface area contributed by atoms with E-state index in [2.05, 4.69) is 21.2 Å². The maximum atomic E-state index is 12.2. The molecule has 0 aromatic heterocycles. The molecule has 0 radical (unpaired) electrons. The fourth-order valence-electron chi connectivity index (χ4n) is 1.78. The molecule has 6 nitrogen and oxygen atoms in total. The van der Waals surface area contributed by atoms with Crippen LogP contribution in [0.25, 0.3) is 0 Å². The third-order valence-electron chi connectivity index (χ3n) is 2.83. The van der Waals surface area contributed by atoms with Crippen LogP contribution in [-0.2, 0) is 6.54 Å². The lowest BCUT2D eigenvalue weighted by molar-refractivity contribution is -0.384. The predicted molar refractivity (Wildman–Crippen MR) is 83.1 cm³/mol. The van der Waals surface area contributed by atoms with Crippen molar-refractivity contribution in [2.24, 2.45) is 5.73 Å². The minimum atomic E-state index is -0.543. The highest BCUT2D eigenvalue weighted by Crippen LogP contribution is 2.23. The van der Waals surface area contributed by atoms with Crippen molar-refractivity contribution in [3.63, 3.8) is 0 Å². The number of halogens is 1. The highest BCUT2D eigenvalue weighted by molar-refractivity contribution is 9.10. The van der Waals surface area contributed by atoms with Crippen molar-refractivity contribution in [2.75, 3.05) is 5.32 Å². The summed E-state index contributed by atoms with van der Waals surface area (Å²) in [6, 6.07) is 11.1. The van der Waals surface area contributed by atoms with Crippen LogP contribution in [0.5, 0.6) is 0 Å². The van der Waals surface area contributed by atoms with Gasteiger partial charge in [-0.1, -0.05) is 12.1 Å². The number of hydrogen-bond donors (Lipinski definition) is 2. The van der Waals surface area contributed by atoms with Gasteiger partial charge in [0.25, 0.3) is 11.6 Å². The SMILES string of the molecule is NCc1cccc(NC(=O)c2cc([N+](=O)[O-])ccc2Br)c1. The highest BCUT2D eigenvalue weighted by Gasteiger charge is 2.15. The maximum Gasteiger partial charge on any atom is 0.270 e. The number of carbonyl (C=O) groups is 1. The molecule has 0 saturated carbocycles. The topological polar surface area (TPSA) is 98.3 Å². The van der Waals surface area contributed by atoms with Gasteiger partial charge in [-0.2, -0.15) is 0 Å². The Hall–Kier alpha value is -2.25. The Bertz CT molecular complexity index is 704. The van der Waals surface area contributed by atoms with Gasteiger partial charge in [-0.3, -0.25) is 14.9 Å². The van der Waals surface area contributed by atoms with Gasteiger partial charge in [0.15, 0.2) is 0 Å². The van der Waals surface area contributed by atoms with Crippen LogP contribution >= 0.6 is 15.9 Å². The van der Waals surface area contributed by atoms with E-state index >= 15 is 0 Å². The van der Waals surface area contributed by atoms with Crippen LogP contribution in [0.3, 0.4) is 0 Å². The summed E-state index contributed by atoms with van der Waals surface area (Å²) in [5.74, 6) is -0.431. The lowest BCUT2D eigenvalue weighted by atomic mass is 10.1. The molecule has 0 aliphatic heterocycles. The Kier molecular flexibility index (Phi) is 4.66. The van der Waals surface area contributed by atoms with Gasteiger partial charge < -0.3 is 11.1 Å². The number of nitro groups is 1. The van der Waals surface area contributed by atoms with Gasteiger partial charge >= 0.3 is 0 Å². The summed E-state index contributed by atoms with van der Waals surface area (Å²) < 4.78 is 0.487. The van der Waals surface area contributed by atoms with Crippen molar-refractivity contribution in [3.8, 4) is 0 Å². The fourth-order valence-corrected chi connectivity index (χ4v) is 2.20. The number of benzene rings is 2. The van der Waals surface area contributed by atoms with E-state index < -0.39 is 10.8 Å². The van der Waals surface area contributed by atoms with E-state index in [0.29, 0.717) is 16.7 Å². The smallest absolute Gasteiger partial charge is 0.270 e. The summed E-state index contributed by atoms with van der Waals surface area (Å²) in [6.45, 7) is 0.365. The summed E-state index contributed by atoms with van der Waals surface area (Å²) in [7, 11) is 0. The molecule has 0 aliphatic rings. The summed E-state index contributed by atoms with van der Waals surface area (Å²) in [5, 5.41) is 13.5. The minimum Gasteiger partial charge on any atom is -0.326 e. The Morgan fingerprint density at radius 1 is 1.29 bits per heavy atom. The molecule has 0 bridgehead atoms. The molecular weight excluding hydrogens is 338 g/mol. The predicted octanol–water partition coefficient (Wildman–Crippen LogP) is 3.07. The van der Waals surface area contributed by atoms with Crippen LogP contribution in [0.15, 0.2) is 46.9 Å². The van der Waals surface area contributed by atoms with Crippen molar-refractivity contribution < 1.29 is 9.72 Å². The molecule has 2 rings (SSSR count). The molecule has 0 fully saturated rings. The van der Waals surface area contributed by atoms with E-state index in [1.165, 1.54) is 18.2 Å². The molecule has 0 saturated heterocycles. The summed E-state index contributed by atoms with van der Waals surface area (Å²) in [4.78, 5) is 22.4. The highest BCUT2D eigenvalue weighted by atomic mass is 79.9. The third kappa shape index (κ3) is 3.65. The zero-order valence-corrected chi connectivity index (χ0v) is 12.5. The van der Waals surface area contributed by atoms with Crippen LogP contribution in [-0.4, -0.2) is 10.8 Å². The van der Waals surface area contributed by atoms with Gasteiger partial charge in [-0.15, -0.1) is 0 Å². The molecule has 0 spiro atoms. The summed E-state index contributed by atoms with van der Waals surface area (Å²) in [5.41, 5.74) is 7.06. The van der Waals surface area contributed by atoms with Gasteiger partial charge in [0.2, 0.25) is 0 Å². The number of nitrogens with two attached hydrogens (primary N) is 1. The van der Waals surface area contributed by atoms with Crippen LogP contribution < -0.4 is 11.1 Å². The van der Waals surface area contributed by atoms with E-state index in [4.69, 9.17) is 5.73 Å². The Morgan fingerprint density at radius 2 is 2.05 bits per heavy atom. The standard InChI is InChI=1S/C14H12BrN3O3/c15-13-5-4-11(18(20)21)7-12(13)14(19)17-10-3-1-2-9(6-10)8-16/h1-7H,8,16H2,(H,17,19). The quantitative estimate of drug-likeness (QED) is 0.654. The van der Waals surface area contributed by atoms with Gasteiger partial charge in [-0.25, -0.2) is 0 Å². The zero-order valence-electron chi connectivity index (χ0n) is 10.9. The molecule has 0 aliphatic carbocycles. The van der Waals surface area contributed by atoms with E-state index in [9.17, 15) is 14.9 Å². The monoisotopic (exact) mass is 349 g/mol. The molecule has 7 heteroatoms. The van der Waals surface area contributed by atoms with Crippen LogP contribution in [0.4, 0.5) is 11.4 Å². The number of amides is 1. The average molecular weight is 350 g/mol. The molecule has 2 aromatic rings. The van der Waals surface area contributed by atoms with Crippen molar-refractivity contribution in [1.82, 2.24) is 0 Å². The fraction of sp³-hybridized carbons (Fsp3) is 0.0714. The van der Waals surface area contributed by atoms with Crippen molar-refractivity contribution in [2.45, 2.75) is 6.54 Å². The van der Waals surface area contributed by atoms with Gasteiger partial charge in [0, 0.05) is 28.8 Å². The number of non-ortho nitro benzene ring substituents is 1. The number of rotatable bonds is 4. The van der Waals surface area contributed by atoms with E-state index in [0.717, 1.165) is 5.56 Å². The Morgan fingerprint density at radius 3 is 2.71 bits per heavy atom. The third-order valence-corrected chi connectivity index (χ3v) is 3.52. The van der Waals surface area contributed by atoms with Crippen molar-refractivity contribution >= 4 is 33.2 Å². The molecule has 1 amide bonds.